The molecule has 0 aromatic carbocycles. The van der Waals surface area contributed by atoms with Crippen molar-refractivity contribution < 1.29 is 122 Å². The first-order valence-electron chi connectivity index (χ1n) is 16.3. The fourth-order valence-electron chi connectivity index (χ4n) is 6.90. The summed E-state index contributed by atoms with van der Waals surface area (Å²) in [5.41, 5.74) is 2.17. The van der Waals surface area contributed by atoms with E-state index in [2.05, 4.69) is 31.5 Å². The molecule has 0 unspecified atom stereocenters. The number of aromatic nitrogens is 12. The van der Waals surface area contributed by atoms with Crippen LogP contribution in [0.2, 0.25) is 0 Å². The molecule has 6 aromatic heterocycles. The molecule has 0 bridgehead atoms. The molecule has 8 heterocycles. The molecule has 2 aliphatic heterocycles. The van der Waals surface area contributed by atoms with E-state index in [0.717, 1.165) is 37.4 Å². The van der Waals surface area contributed by atoms with Crippen LogP contribution in [0.15, 0.2) is 134 Å². The second-order valence-electron chi connectivity index (χ2n) is 11.8. The number of allylic oxidation sites excluding steroid dienone is 4. The van der Waals surface area contributed by atoms with Gasteiger partial charge in [0.05, 0.1) is 0 Å². The second-order valence-corrected chi connectivity index (χ2v) is 11.8. The molecule has 0 radical (unpaired) electrons. The summed E-state index contributed by atoms with van der Waals surface area (Å²) in [6.07, 6.45) is 33.2. The topological polar surface area (TPSA) is 128 Å². The van der Waals surface area contributed by atoms with Gasteiger partial charge < -0.3 is 27.8 Å². The third kappa shape index (κ3) is 7.80. The fraction of sp³-hybridized carbons (Fsp3) is 0.290. The average Bonchev–Trinajstić information content (AvgIpc) is 3.99. The number of hydrogen-bond acceptors (Lipinski definition) is 6. The van der Waals surface area contributed by atoms with E-state index in [1.54, 1.807) is 24.8 Å². The van der Waals surface area contributed by atoms with E-state index >= 15 is 0 Å². The Morgan fingerprint density at radius 3 is 1.24 bits per heavy atom. The van der Waals surface area contributed by atoms with Crippen LogP contribution in [-0.2, 0) is 9.47 Å². The third-order valence-electron chi connectivity index (χ3n) is 9.01. The molecular formula is C31H40B2K2N12O2+2. The van der Waals surface area contributed by atoms with E-state index in [0.29, 0.717) is 6.42 Å². The van der Waals surface area contributed by atoms with Crippen LogP contribution in [0.3, 0.4) is 0 Å². The number of rotatable bonds is 8. The van der Waals surface area contributed by atoms with Gasteiger partial charge in [-0.2, -0.15) is 15.7 Å². The maximum absolute atomic E-state index is 4.94. The summed E-state index contributed by atoms with van der Waals surface area (Å²) in [6, 6.07) is 11.7. The van der Waals surface area contributed by atoms with Crippen molar-refractivity contribution in [2.75, 3.05) is 26.4 Å². The van der Waals surface area contributed by atoms with E-state index in [1.807, 2.05) is 104 Å². The van der Waals surface area contributed by atoms with Crippen molar-refractivity contribution in [1.82, 2.24) is 48.0 Å². The first-order valence-corrected chi connectivity index (χ1v) is 16.3. The maximum atomic E-state index is 4.94. The van der Waals surface area contributed by atoms with Gasteiger partial charge >= 0.3 is 116 Å². The SMILES string of the molecule is C1=C([B-](n2cccn2)(n2cccn2)n2cccn2)CC=C1[B-](n1cccn1)(n1ccc[nH+]1)n1ccc[nH+]1.C1CCOC1.C1CCOC1.[K+].[K+]. The number of H-pyrrole nitrogens is 2. The summed E-state index contributed by atoms with van der Waals surface area (Å²) in [5.74, 6) is 0. The zero-order valence-corrected chi connectivity index (χ0v) is 34.6. The van der Waals surface area contributed by atoms with Crippen LogP contribution in [0.25, 0.3) is 0 Å². The Morgan fingerprint density at radius 1 is 0.531 bits per heavy atom. The van der Waals surface area contributed by atoms with Gasteiger partial charge in [0.1, 0.15) is 0 Å². The third-order valence-corrected chi connectivity index (χ3v) is 9.01. The molecule has 0 amide bonds. The Labute approximate surface area is 370 Å². The smallest absolute Gasteiger partial charge is 0.396 e. The molecule has 14 nitrogen and oxygen atoms in total. The quantitative estimate of drug-likeness (QED) is 0.149. The van der Waals surface area contributed by atoms with Gasteiger partial charge in [0.25, 0.3) is 0 Å². The molecule has 9 rings (SSSR count). The Bertz CT molecular complexity index is 1620. The van der Waals surface area contributed by atoms with Crippen LogP contribution in [-0.4, -0.2) is 87.5 Å². The second kappa shape index (κ2) is 18.5. The summed E-state index contributed by atoms with van der Waals surface area (Å²) in [6.45, 7) is 0.261. The monoisotopic (exact) mass is 712 g/mol. The van der Waals surface area contributed by atoms with Gasteiger partial charge in [-0.25, -0.2) is 20.4 Å². The molecule has 0 saturated carbocycles. The van der Waals surface area contributed by atoms with Crippen molar-refractivity contribution in [1.29, 1.82) is 0 Å². The summed E-state index contributed by atoms with van der Waals surface area (Å²) >= 11 is 0. The molecule has 1 aliphatic carbocycles. The first kappa shape index (κ1) is 38.3. The van der Waals surface area contributed by atoms with E-state index in [9.17, 15) is 0 Å². The molecule has 3 aliphatic rings. The van der Waals surface area contributed by atoms with Crippen LogP contribution in [0.1, 0.15) is 32.1 Å². The van der Waals surface area contributed by atoms with E-state index in [1.165, 1.54) is 25.7 Å². The summed E-state index contributed by atoms with van der Waals surface area (Å²) in [4.78, 5) is 0. The van der Waals surface area contributed by atoms with Crippen LogP contribution in [0, 0.1) is 0 Å². The Hall–Kier alpha value is -1.94. The fourth-order valence-corrected chi connectivity index (χ4v) is 6.90. The van der Waals surface area contributed by atoms with Gasteiger partial charge in [0.15, 0.2) is 12.4 Å². The van der Waals surface area contributed by atoms with Gasteiger partial charge in [-0.1, -0.05) is 0 Å². The number of hydrogen-bond donors (Lipinski definition) is 0. The summed E-state index contributed by atoms with van der Waals surface area (Å²) in [5, 5.41) is 25.6. The molecule has 2 saturated heterocycles. The van der Waals surface area contributed by atoms with Gasteiger partial charge in [0.2, 0.25) is 0 Å². The van der Waals surface area contributed by atoms with Gasteiger partial charge in [-0.3, -0.25) is 9.19 Å². The van der Waals surface area contributed by atoms with Crippen LogP contribution < -0.4 is 113 Å². The standard InChI is InChI=1S/C23H22B2N12.2C4H8O.2K/c1-9-26-32(15-1)24(33-16-2-10-27-33,34-17-3-11-28-34)22-7-8-23(21-22)25(35-18-4-12-29-35,36-19-5-13-30-36)37-20-6-14-31-37;2*1-2-4-5-3-1;;/h1-7,9-21H,8H2;2*1-4H2;;/q-2;;;2*+1/p+2. The largest absolute Gasteiger partial charge is 1.00 e. The normalized spacial score (nSPS) is 15.6. The minimum absolute atomic E-state index is 0. The van der Waals surface area contributed by atoms with Crippen LogP contribution in [0.4, 0.5) is 0 Å². The number of ether oxygens (including phenoxy) is 2. The van der Waals surface area contributed by atoms with Gasteiger partial charge in [0, 0.05) is 75.7 Å². The van der Waals surface area contributed by atoms with E-state index in [-0.39, 0.29) is 103 Å². The first-order chi connectivity index (χ1) is 23.3. The minimum Gasteiger partial charge on any atom is -0.396 e. The Morgan fingerprint density at radius 2 is 0.939 bits per heavy atom. The van der Waals surface area contributed by atoms with Crippen LogP contribution in [0.5, 0.6) is 0 Å². The zero-order chi connectivity index (χ0) is 31.8. The van der Waals surface area contributed by atoms with Crippen molar-refractivity contribution in [3.8, 4) is 0 Å². The van der Waals surface area contributed by atoms with Crippen molar-refractivity contribution in [3.63, 3.8) is 0 Å². The predicted octanol–water partition coefficient (Wildman–Crippen LogP) is -3.89. The molecular weight excluding hydrogens is 672 g/mol. The summed E-state index contributed by atoms with van der Waals surface area (Å²) < 4.78 is 21.9. The molecule has 0 spiro atoms. The average molecular weight is 713 g/mol. The van der Waals surface area contributed by atoms with Gasteiger partial charge in [-0.05, 0) is 81.2 Å². The minimum atomic E-state index is -1.90. The number of aromatic amines is 2. The molecule has 242 valence electrons. The van der Waals surface area contributed by atoms with Gasteiger partial charge in [-0.15, -0.1) is 17.6 Å². The molecule has 2 fully saturated rings. The molecule has 2 N–H and O–H groups in total. The summed E-state index contributed by atoms with van der Waals surface area (Å²) in [7, 11) is 0. The number of nitrogens with zero attached hydrogens (tertiary/aromatic N) is 10. The molecule has 6 aromatic rings. The van der Waals surface area contributed by atoms with Crippen molar-refractivity contribution >= 4 is 13.1 Å². The molecule has 0 atom stereocenters. The molecule has 49 heavy (non-hydrogen) atoms. The van der Waals surface area contributed by atoms with Crippen molar-refractivity contribution in [2.24, 2.45) is 0 Å². The van der Waals surface area contributed by atoms with Crippen molar-refractivity contribution in [3.05, 3.63) is 134 Å². The molecule has 18 heteroatoms. The van der Waals surface area contributed by atoms with Crippen LogP contribution >= 0.6 is 0 Å². The predicted molar refractivity (Wildman–Crippen MR) is 176 cm³/mol. The van der Waals surface area contributed by atoms with E-state index in [4.69, 9.17) is 29.9 Å². The van der Waals surface area contributed by atoms with Crippen molar-refractivity contribution in [2.45, 2.75) is 32.1 Å². The Balaban J connectivity index is 0.000000337. The maximum Gasteiger partial charge on any atom is 1.00 e. The van der Waals surface area contributed by atoms with E-state index < -0.39 is 13.1 Å². The Kier molecular flexibility index (Phi) is 14.5. The zero-order valence-electron chi connectivity index (χ0n) is 28.4. The number of nitrogens with one attached hydrogen (secondary N) is 2.